The molecular formula is C21H22ClFN4O7S. The fourth-order valence-electron chi connectivity index (χ4n) is 3.03. The van der Waals surface area contributed by atoms with Crippen LogP contribution in [0.3, 0.4) is 0 Å². The minimum absolute atomic E-state index is 0.108. The number of nitrogens with zero attached hydrogens (tertiary/aromatic N) is 1. The molecule has 11 nitrogen and oxygen atoms in total. The summed E-state index contributed by atoms with van der Waals surface area (Å²) < 4.78 is 24.9. The van der Waals surface area contributed by atoms with E-state index in [0.29, 0.717) is 16.6 Å². The first-order chi connectivity index (χ1) is 16.8. The molecular weight excluding hydrogens is 507 g/mol. The van der Waals surface area contributed by atoms with Gasteiger partial charge in [-0.2, -0.15) is 0 Å². The second-order valence-electron chi connectivity index (χ2n) is 7.12. The molecule has 0 spiro atoms. The number of hydrogen-bond acceptors (Lipinski definition) is 8. The SMILES string of the molecule is O=C(N[C@H](CNC(=O)c1ccc(Cl)s1)C(=O)Nc1ccc(N2CCOCC2=O)cc1F)OCCO. The number of carbonyl (C=O) groups excluding carboxylic acids is 4. The van der Waals surface area contributed by atoms with Crippen molar-refractivity contribution in [2.45, 2.75) is 6.04 Å². The lowest BCUT2D eigenvalue weighted by molar-refractivity contribution is -0.125. The highest BCUT2D eigenvalue weighted by Gasteiger charge is 2.25. The van der Waals surface area contributed by atoms with E-state index in [-0.39, 0.29) is 42.8 Å². The van der Waals surface area contributed by atoms with Crippen molar-refractivity contribution in [2.24, 2.45) is 0 Å². The molecule has 4 amide bonds. The minimum atomic E-state index is -1.35. The van der Waals surface area contributed by atoms with Gasteiger partial charge in [0.05, 0.1) is 28.1 Å². The highest BCUT2D eigenvalue weighted by Crippen LogP contribution is 2.24. The molecule has 1 atom stereocenters. The molecule has 35 heavy (non-hydrogen) atoms. The maximum atomic E-state index is 14.7. The lowest BCUT2D eigenvalue weighted by Crippen LogP contribution is -2.50. The predicted molar refractivity (Wildman–Crippen MR) is 125 cm³/mol. The van der Waals surface area contributed by atoms with Crippen molar-refractivity contribution in [3.05, 3.63) is 45.4 Å². The molecule has 14 heteroatoms. The Morgan fingerprint density at radius 3 is 2.74 bits per heavy atom. The molecule has 0 radical (unpaired) electrons. The topological polar surface area (TPSA) is 146 Å². The minimum Gasteiger partial charge on any atom is -0.447 e. The molecule has 1 aromatic heterocycles. The van der Waals surface area contributed by atoms with Gasteiger partial charge in [-0.1, -0.05) is 11.6 Å². The van der Waals surface area contributed by atoms with Gasteiger partial charge in [-0.05, 0) is 30.3 Å². The maximum absolute atomic E-state index is 14.7. The number of aliphatic hydroxyl groups excluding tert-OH is 1. The van der Waals surface area contributed by atoms with Crippen LogP contribution in [0.25, 0.3) is 0 Å². The molecule has 0 unspecified atom stereocenters. The van der Waals surface area contributed by atoms with Gasteiger partial charge in [-0.3, -0.25) is 14.4 Å². The fraction of sp³-hybridized carbons (Fsp3) is 0.333. The molecule has 1 saturated heterocycles. The number of anilines is 2. The molecule has 188 valence electrons. The van der Waals surface area contributed by atoms with Gasteiger partial charge in [0.1, 0.15) is 25.1 Å². The Labute approximate surface area is 208 Å². The molecule has 0 saturated carbocycles. The number of aliphatic hydroxyl groups is 1. The molecule has 2 heterocycles. The van der Waals surface area contributed by atoms with Crippen molar-refractivity contribution >= 4 is 58.1 Å². The van der Waals surface area contributed by atoms with Crippen LogP contribution in [-0.2, 0) is 19.1 Å². The molecule has 2 aromatic rings. The Kier molecular flexibility index (Phi) is 9.37. The van der Waals surface area contributed by atoms with Crippen LogP contribution >= 0.6 is 22.9 Å². The largest absolute Gasteiger partial charge is 0.447 e. The number of thiophene rings is 1. The van der Waals surface area contributed by atoms with Gasteiger partial charge in [0.15, 0.2) is 0 Å². The Hall–Kier alpha value is -3.26. The number of benzene rings is 1. The summed E-state index contributed by atoms with van der Waals surface area (Å²) in [5.74, 6) is -2.50. The predicted octanol–water partition coefficient (Wildman–Crippen LogP) is 1.36. The van der Waals surface area contributed by atoms with Gasteiger partial charge in [-0.15, -0.1) is 11.3 Å². The van der Waals surface area contributed by atoms with Crippen LogP contribution in [0.2, 0.25) is 4.34 Å². The number of rotatable bonds is 9. The normalized spacial score (nSPS) is 14.3. The summed E-state index contributed by atoms with van der Waals surface area (Å²) in [6.45, 7) is -0.615. The van der Waals surface area contributed by atoms with Crippen LogP contribution in [0.15, 0.2) is 30.3 Å². The average molecular weight is 529 g/mol. The summed E-state index contributed by atoms with van der Waals surface area (Å²) >= 11 is 6.85. The fourth-order valence-corrected chi connectivity index (χ4v) is 3.99. The lowest BCUT2D eigenvalue weighted by Gasteiger charge is -2.27. The van der Waals surface area contributed by atoms with E-state index in [0.717, 1.165) is 17.4 Å². The molecule has 1 aromatic carbocycles. The van der Waals surface area contributed by atoms with Crippen LogP contribution in [0.5, 0.6) is 0 Å². The van der Waals surface area contributed by atoms with E-state index in [1.54, 1.807) is 0 Å². The van der Waals surface area contributed by atoms with Crippen LogP contribution in [0.4, 0.5) is 20.6 Å². The van der Waals surface area contributed by atoms with Gasteiger partial charge in [0, 0.05) is 18.8 Å². The maximum Gasteiger partial charge on any atom is 0.407 e. The first-order valence-electron chi connectivity index (χ1n) is 10.3. The van der Waals surface area contributed by atoms with Gasteiger partial charge in [0.25, 0.3) is 11.8 Å². The Morgan fingerprint density at radius 1 is 1.29 bits per heavy atom. The summed E-state index contributed by atoms with van der Waals surface area (Å²) in [6.07, 6.45) is -1.02. The number of amides is 4. The summed E-state index contributed by atoms with van der Waals surface area (Å²) in [5.41, 5.74) is 0.101. The van der Waals surface area contributed by atoms with Crippen LogP contribution in [-0.4, -0.2) is 74.5 Å². The highest BCUT2D eigenvalue weighted by atomic mass is 35.5. The third-order valence-electron chi connectivity index (χ3n) is 4.70. The number of ether oxygens (including phenoxy) is 2. The number of alkyl carbamates (subject to hydrolysis) is 1. The van der Waals surface area contributed by atoms with E-state index in [2.05, 4.69) is 16.0 Å². The molecule has 4 N–H and O–H groups in total. The number of nitrogens with one attached hydrogen (secondary N) is 3. The second-order valence-corrected chi connectivity index (χ2v) is 8.84. The van der Waals surface area contributed by atoms with Crippen molar-refractivity contribution in [3.8, 4) is 0 Å². The third-order valence-corrected chi connectivity index (χ3v) is 5.93. The molecule has 1 fully saturated rings. The van der Waals surface area contributed by atoms with Crippen molar-refractivity contribution in [1.29, 1.82) is 0 Å². The lowest BCUT2D eigenvalue weighted by atomic mass is 10.2. The first kappa shape index (κ1) is 26.3. The van der Waals surface area contributed by atoms with E-state index in [9.17, 15) is 23.6 Å². The zero-order valence-corrected chi connectivity index (χ0v) is 19.8. The van der Waals surface area contributed by atoms with Gasteiger partial charge >= 0.3 is 6.09 Å². The second kappa shape index (κ2) is 12.4. The Balaban J connectivity index is 1.69. The van der Waals surface area contributed by atoms with E-state index in [1.165, 1.54) is 29.2 Å². The average Bonchev–Trinajstić information content (AvgIpc) is 3.28. The van der Waals surface area contributed by atoms with Crippen LogP contribution in [0.1, 0.15) is 9.67 Å². The monoisotopic (exact) mass is 528 g/mol. The number of hydrogen-bond donors (Lipinski definition) is 4. The Bertz CT molecular complexity index is 1100. The first-order valence-corrected chi connectivity index (χ1v) is 11.5. The van der Waals surface area contributed by atoms with E-state index >= 15 is 0 Å². The third kappa shape index (κ3) is 7.36. The summed E-state index contributed by atoms with van der Waals surface area (Å²) in [7, 11) is 0. The summed E-state index contributed by atoms with van der Waals surface area (Å²) in [5, 5.41) is 15.9. The van der Waals surface area contributed by atoms with Gasteiger partial charge < -0.3 is 35.4 Å². The van der Waals surface area contributed by atoms with E-state index in [4.69, 9.17) is 26.2 Å². The number of halogens is 2. The van der Waals surface area contributed by atoms with Crippen molar-refractivity contribution in [1.82, 2.24) is 10.6 Å². The highest BCUT2D eigenvalue weighted by molar-refractivity contribution is 7.18. The standard InChI is InChI=1S/C21H22ClFN4O7S/c22-17-4-3-16(35-17)20(31)24-10-15(26-21(32)34-8-6-28)19(30)25-14-2-1-12(9-13(14)23)27-5-7-33-11-18(27)29/h1-4,9,15,28H,5-8,10-11H2,(H,24,31)(H,25,30)(H,26,32)/t15-/m1/s1. The van der Waals surface area contributed by atoms with Crippen LogP contribution in [0, 0.1) is 5.82 Å². The molecule has 1 aliphatic heterocycles. The molecule has 0 aliphatic carbocycles. The zero-order valence-electron chi connectivity index (χ0n) is 18.2. The molecule has 0 bridgehead atoms. The Morgan fingerprint density at radius 2 is 2.09 bits per heavy atom. The number of morpholine rings is 1. The molecule has 1 aliphatic rings. The van der Waals surface area contributed by atoms with Crippen molar-refractivity contribution in [2.75, 3.05) is 49.7 Å². The number of carbonyl (C=O) groups is 4. The van der Waals surface area contributed by atoms with Crippen LogP contribution < -0.4 is 20.9 Å². The van der Waals surface area contributed by atoms with Gasteiger partial charge in [0.2, 0.25) is 5.91 Å². The summed E-state index contributed by atoms with van der Waals surface area (Å²) in [4.78, 5) is 50.7. The van der Waals surface area contributed by atoms with Crippen molar-refractivity contribution in [3.63, 3.8) is 0 Å². The van der Waals surface area contributed by atoms with Crippen molar-refractivity contribution < 1.29 is 38.1 Å². The van der Waals surface area contributed by atoms with E-state index in [1.807, 2.05) is 0 Å². The molecule has 3 rings (SSSR count). The zero-order chi connectivity index (χ0) is 25.4. The quantitative estimate of drug-likeness (QED) is 0.384. The van der Waals surface area contributed by atoms with Gasteiger partial charge in [-0.25, -0.2) is 9.18 Å². The smallest absolute Gasteiger partial charge is 0.407 e. The van der Waals surface area contributed by atoms with E-state index < -0.39 is 36.4 Å². The summed E-state index contributed by atoms with van der Waals surface area (Å²) in [6, 6.07) is 5.52.